The van der Waals surface area contributed by atoms with Gasteiger partial charge in [-0.3, -0.25) is 4.79 Å². The molecule has 0 radical (unpaired) electrons. The van der Waals surface area contributed by atoms with E-state index in [2.05, 4.69) is 15.3 Å². The van der Waals surface area contributed by atoms with E-state index in [1.807, 2.05) is 42.8 Å². The van der Waals surface area contributed by atoms with Crippen molar-refractivity contribution < 1.29 is 4.39 Å². The Morgan fingerprint density at radius 3 is 2.82 bits per heavy atom. The Hall–Kier alpha value is -3.12. The molecule has 1 atom stereocenters. The van der Waals surface area contributed by atoms with Crippen molar-refractivity contribution in [3.05, 3.63) is 81.7 Å². The number of H-pyrrole nitrogens is 1. The minimum Gasteiger partial charge on any atom is -0.378 e. The van der Waals surface area contributed by atoms with Crippen LogP contribution in [0.2, 0.25) is 5.02 Å². The van der Waals surface area contributed by atoms with Crippen LogP contribution in [0.5, 0.6) is 0 Å². The van der Waals surface area contributed by atoms with Crippen LogP contribution >= 0.6 is 11.6 Å². The second-order valence-electron chi connectivity index (χ2n) is 6.74. The molecule has 0 fully saturated rings. The van der Waals surface area contributed by atoms with Crippen molar-refractivity contribution in [1.29, 1.82) is 0 Å². The van der Waals surface area contributed by atoms with Crippen LogP contribution in [-0.4, -0.2) is 14.5 Å². The largest absolute Gasteiger partial charge is 0.378 e. The number of benzene rings is 2. The first kappa shape index (κ1) is 18.3. The van der Waals surface area contributed by atoms with Gasteiger partial charge in [0.05, 0.1) is 34.8 Å². The topological polar surface area (TPSA) is 62.7 Å². The number of aryl methyl sites for hydroxylation is 1. The van der Waals surface area contributed by atoms with E-state index >= 15 is 0 Å². The smallest absolute Gasteiger partial charge is 0.253 e. The van der Waals surface area contributed by atoms with Crippen molar-refractivity contribution in [2.75, 3.05) is 5.32 Å². The maximum Gasteiger partial charge on any atom is 0.253 e. The van der Waals surface area contributed by atoms with E-state index in [4.69, 9.17) is 11.6 Å². The predicted octanol–water partition coefficient (Wildman–Crippen LogP) is 4.89. The predicted molar refractivity (Wildman–Crippen MR) is 110 cm³/mol. The van der Waals surface area contributed by atoms with E-state index < -0.39 is 5.82 Å². The van der Waals surface area contributed by atoms with Crippen LogP contribution in [0.1, 0.15) is 18.5 Å². The number of halogens is 2. The molecule has 0 saturated carbocycles. The SMILES string of the molecule is CC(Nc1cccc(-c2cncn2C)c1)c1cc2cc(Cl)c(F)cc2[nH]c1=O. The van der Waals surface area contributed by atoms with Gasteiger partial charge in [-0.25, -0.2) is 9.37 Å². The number of imidazole rings is 1. The molecule has 2 N–H and O–H groups in total. The van der Waals surface area contributed by atoms with E-state index in [-0.39, 0.29) is 16.6 Å². The monoisotopic (exact) mass is 396 g/mol. The molecular weight excluding hydrogens is 379 g/mol. The maximum atomic E-state index is 13.6. The van der Waals surface area contributed by atoms with Gasteiger partial charge in [-0.15, -0.1) is 0 Å². The highest BCUT2D eigenvalue weighted by Gasteiger charge is 2.13. The second kappa shape index (κ2) is 7.13. The quantitative estimate of drug-likeness (QED) is 0.516. The Kier molecular flexibility index (Phi) is 4.65. The minimum atomic E-state index is -0.560. The molecule has 0 aliphatic carbocycles. The van der Waals surface area contributed by atoms with E-state index in [1.165, 1.54) is 12.1 Å². The zero-order chi connectivity index (χ0) is 19.8. The van der Waals surface area contributed by atoms with Crippen molar-refractivity contribution >= 4 is 28.2 Å². The number of hydrogen-bond acceptors (Lipinski definition) is 3. The van der Waals surface area contributed by atoms with Crippen LogP contribution < -0.4 is 10.9 Å². The maximum absolute atomic E-state index is 13.6. The molecule has 2 aromatic carbocycles. The Labute approximate surface area is 165 Å². The average molecular weight is 397 g/mol. The van der Waals surface area contributed by atoms with Crippen LogP contribution in [0, 0.1) is 5.82 Å². The fourth-order valence-electron chi connectivity index (χ4n) is 3.27. The van der Waals surface area contributed by atoms with E-state index in [1.54, 1.807) is 18.6 Å². The molecule has 0 aliphatic heterocycles. The van der Waals surface area contributed by atoms with Gasteiger partial charge in [-0.05, 0) is 37.3 Å². The molecular formula is C21H18ClFN4O. The molecule has 1 unspecified atom stereocenters. The number of pyridine rings is 1. The number of fused-ring (bicyclic) bond motifs is 1. The van der Waals surface area contributed by atoms with Crippen LogP contribution in [0.4, 0.5) is 10.1 Å². The van der Waals surface area contributed by atoms with Crippen molar-refractivity contribution in [2.24, 2.45) is 7.05 Å². The molecule has 2 aromatic heterocycles. The molecule has 0 aliphatic rings. The summed E-state index contributed by atoms with van der Waals surface area (Å²) in [6, 6.07) is 12.1. The van der Waals surface area contributed by atoms with Gasteiger partial charge in [0.25, 0.3) is 5.56 Å². The molecule has 0 amide bonds. The number of aromatic amines is 1. The van der Waals surface area contributed by atoms with E-state index in [0.29, 0.717) is 16.5 Å². The first-order valence-electron chi connectivity index (χ1n) is 8.77. The molecule has 142 valence electrons. The minimum absolute atomic E-state index is 0.0231. The van der Waals surface area contributed by atoms with Gasteiger partial charge < -0.3 is 14.9 Å². The standard InChI is InChI=1S/C21H18ClFN4O/c1-12(16-7-14-8-17(22)18(23)9-19(14)26-21(16)28)25-15-5-3-4-13(6-15)20-10-24-11-27(20)2/h3-12,25H,1-2H3,(H,26,28). The summed E-state index contributed by atoms with van der Waals surface area (Å²) in [5.74, 6) is -0.560. The Bertz CT molecular complexity index is 1230. The number of anilines is 1. The third kappa shape index (κ3) is 3.39. The van der Waals surface area contributed by atoms with Gasteiger partial charge in [-0.1, -0.05) is 23.7 Å². The zero-order valence-electron chi connectivity index (χ0n) is 15.3. The fraction of sp³-hybridized carbons (Fsp3) is 0.143. The first-order valence-corrected chi connectivity index (χ1v) is 9.15. The van der Waals surface area contributed by atoms with Crippen molar-refractivity contribution in [3.63, 3.8) is 0 Å². The molecule has 4 rings (SSSR count). The van der Waals surface area contributed by atoms with Crippen molar-refractivity contribution in [1.82, 2.24) is 14.5 Å². The van der Waals surface area contributed by atoms with Gasteiger partial charge in [0, 0.05) is 29.2 Å². The fourth-order valence-corrected chi connectivity index (χ4v) is 3.44. The first-order chi connectivity index (χ1) is 13.4. The highest BCUT2D eigenvalue weighted by Crippen LogP contribution is 2.26. The molecule has 28 heavy (non-hydrogen) atoms. The molecule has 5 nitrogen and oxygen atoms in total. The lowest BCUT2D eigenvalue weighted by molar-refractivity contribution is 0.629. The van der Waals surface area contributed by atoms with Crippen LogP contribution in [0.15, 0.2) is 59.8 Å². The normalized spacial score (nSPS) is 12.3. The molecule has 0 spiro atoms. The van der Waals surface area contributed by atoms with Crippen LogP contribution in [0.3, 0.4) is 0 Å². The lowest BCUT2D eigenvalue weighted by Crippen LogP contribution is -2.19. The van der Waals surface area contributed by atoms with Crippen molar-refractivity contribution in [3.8, 4) is 11.3 Å². The van der Waals surface area contributed by atoms with Gasteiger partial charge in [0.15, 0.2) is 0 Å². The van der Waals surface area contributed by atoms with Gasteiger partial charge in [-0.2, -0.15) is 0 Å². The molecule has 7 heteroatoms. The second-order valence-corrected chi connectivity index (χ2v) is 7.15. The lowest BCUT2D eigenvalue weighted by Gasteiger charge is -2.16. The Morgan fingerprint density at radius 2 is 2.07 bits per heavy atom. The van der Waals surface area contributed by atoms with Crippen LogP contribution in [-0.2, 0) is 7.05 Å². The number of nitrogens with zero attached hydrogens (tertiary/aromatic N) is 2. The highest BCUT2D eigenvalue weighted by molar-refractivity contribution is 6.31. The van der Waals surface area contributed by atoms with Gasteiger partial charge in [0.2, 0.25) is 0 Å². The number of aromatic nitrogens is 3. The summed E-state index contributed by atoms with van der Waals surface area (Å²) < 4.78 is 15.6. The number of rotatable bonds is 4. The summed E-state index contributed by atoms with van der Waals surface area (Å²) in [5.41, 5.74) is 3.59. The van der Waals surface area contributed by atoms with Crippen LogP contribution in [0.25, 0.3) is 22.2 Å². The number of nitrogens with one attached hydrogen (secondary N) is 2. The van der Waals surface area contributed by atoms with E-state index in [9.17, 15) is 9.18 Å². The molecule has 0 saturated heterocycles. The van der Waals surface area contributed by atoms with Gasteiger partial charge in [0.1, 0.15) is 5.82 Å². The molecule has 4 aromatic rings. The third-order valence-corrected chi connectivity index (χ3v) is 5.03. The third-order valence-electron chi connectivity index (χ3n) is 4.74. The molecule has 0 bridgehead atoms. The molecule has 2 heterocycles. The number of hydrogen-bond donors (Lipinski definition) is 2. The average Bonchev–Trinajstić information content (AvgIpc) is 3.09. The summed E-state index contributed by atoms with van der Waals surface area (Å²) in [6.45, 7) is 1.90. The summed E-state index contributed by atoms with van der Waals surface area (Å²) in [7, 11) is 1.94. The van der Waals surface area contributed by atoms with Gasteiger partial charge >= 0.3 is 0 Å². The zero-order valence-corrected chi connectivity index (χ0v) is 16.1. The van der Waals surface area contributed by atoms with Crippen molar-refractivity contribution in [2.45, 2.75) is 13.0 Å². The summed E-state index contributed by atoms with van der Waals surface area (Å²) in [5, 5.41) is 4.06. The summed E-state index contributed by atoms with van der Waals surface area (Å²) in [4.78, 5) is 19.4. The lowest BCUT2D eigenvalue weighted by atomic mass is 10.1. The summed E-state index contributed by atoms with van der Waals surface area (Å²) >= 11 is 5.88. The summed E-state index contributed by atoms with van der Waals surface area (Å²) in [6.07, 6.45) is 3.56. The highest BCUT2D eigenvalue weighted by atomic mass is 35.5. The Balaban J connectivity index is 1.66. The Morgan fingerprint density at radius 1 is 1.25 bits per heavy atom. The van der Waals surface area contributed by atoms with E-state index in [0.717, 1.165) is 16.9 Å².